The van der Waals surface area contributed by atoms with Crippen molar-refractivity contribution in [3.05, 3.63) is 29.6 Å². The van der Waals surface area contributed by atoms with Crippen LogP contribution in [0.4, 0.5) is 4.39 Å². The molecule has 1 aromatic rings. The van der Waals surface area contributed by atoms with Crippen LogP contribution in [0, 0.1) is 5.82 Å². The Morgan fingerprint density at radius 2 is 2.05 bits per heavy atom. The van der Waals surface area contributed by atoms with Crippen molar-refractivity contribution >= 4 is 15.9 Å². The van der Waals surface area contributed by atoms with Gasteiger partial charge in [-0.25, -0.2) is 17.9 Å². The molecule has 0 spiro atoms. The number of rotatable bonds is 2. The number of benzene rings is 1. The number of hydrogen-bond acceptors (Lipinski definition) is 3. The zero-order chi connectivity index (χ0) is 15.6. The molecule has 1 atom stereocenters. The molecule has 7 heteroatoms. The second kappa shape index (κ2) is 6.11. The van der Waals surface area contributed by atoms with Crippen molar-refractivity contribution in [3.63, 3.8) is 0 Å². The third-order valence-electron chi connectivity index (χ3n) is 3.81. The molecule has 1 fully saturated rings. The maximum Gasteiger partial charge on any atom is 0.257 e. The summed E-state index contributed by atoms with van der Waals surface area (Å²) in [4.78, 5) is 13.8. The largest absolute Gasteiger partial charge is 0.336 e. The molecule has 1 unspecified atom stereocenters. The third kappa shape index (κ3) is 3.59. The van der Waals surface area contributed by atoms with Gasteiger partial charge < -0.3 is 4.90 Å². The molecule has 0 radical (unpaired) electrons. The highest BCUT2D eigenvalue weighted by molar-refractivity contribution is 7.89. The van der Waals surface area contributed by atoms with Crippen LogP contribution in [0.3, 0.4) is 0 Å². The molecule has 0 aliphatic carbocycles. The number of nitrogens with zero attached hydrogens (tertiary/aromatic N) is 1. The molecule has 1 amide bonds. The van der Waals surface area contributed by atoms with Gasteiger partial charge in [-0.3, -0.25) is 4.79 Å². The summed E-state index contributed by atoms with van der Waals surface area (Å²) in [7, 11) is -3.97. The van der Waals surface area contributed by atoms with Crippen molar-refractivity contribution < 1.29 is 17.6 Å². The number of amides is 1. The first kappa shape index (κ1) is 15.9. The Bertz CT molecular complexity index is 646. The van der Waals surface area contributed by atoms with E-state index in [0.29, 0.717) is 6.54 Å². The average molecular weight is 314 g/mol. The monoisotopic (exact) mass is 314 g/mol. The lowest BCUT2D eigenvalue weighted by Gasteiger charge is -2.27. The Labute approximate surface area is 124 Å². The van der Waals surface area contributed by atoms with Crippen molar-refractivity contribution in [2.45, 2.75) is 43.5 Å². The molecule has 2 rings (SSSR count). The smallest absolute Gasteiger partial charge is 0.257 e. The summed E-state index contributed by atoms with van der Waals surface area (Å²) in [6.45, 7) is 2.54. The van der Waals surface area contributed by atoms with Crippen molar-refractivity contribution in [2.24, 2.45) is 5.14 Å². The second-order valence-electron chi connectivity index (χ2n) is 5.38. The lowest BCUT2D eigenvalue weighted by atomic mass is 10.1. The standard InChI is InChI=1S/C14H19FN2O3S/c1-10-5-3-2-4-8-17(10)14(18)12-7-6-11(9-13(12)15)21(16,19)20/h6-7,9-10H,2-5,8H2,1H3,(H2,16,19,20). The number of primary sulfonamides is 1. The SMILES string of the molecule is CC1CCCCCN1C(=O)c1ccc(S(N)(=O)=O)cc1F. The van der Waals surface area contributed by atoms with Gasteiger partial charge in [0.25, 0.3) is 5.91 Å². The van der Waals surface area contributed by atoms with Crippen molar-refractivity contribution in [2.75, 3.05) is 6.54 Å². The fourth-order valence-electron chi connectivity index (χ4n) is 2.58. The van der Waals surface area contributed by atoms with Gasteiger partial charge in [0.05, 0.1) is 10.5 Å². The van der Waals surface area contributed by atoms with Crippen LogP contribution in [0.25, 0.3) is 0 Å². The lowest BCUT2D eigenvalue weighted by Crippen LogP contribution is -2.38. The minimum absolute atomic E-state index is 0.0531. The Balaban J connectivity index is 2.31. The van der Waals surface area contributed by atoms with Gasteiger partial charge in [-0.1, -0.05) is 12.8 Å². The van der Waals surface area contributed by atoms with Crippen LogP contribution in [0.5, 0.6) is 0 Å². The summed E-state index contributed by atoms with van der Waals surface area (Å²) in [6, 6.07) is 3.20. The minimum atomic E-state index is -3.97. The van der Waals surface area contributed by atoms with Crippen LogP contribution < -0.4 is 5.14 Å². The van der Waals surface area contributed by atoms with Crippen molar-refractivity contribution in [1.29, 1.82) is 0 Å². The molecular weight excluding hydrogens is 295 g/mol. The van der Waals surface area contributed by atoms with Crippen LogP contribution in [-0.2, 0) is 10.0 Å². The van der Waals surface area contributed by atoms with Crippen LogP contribution in [0.2, 0.25) is 0 Å². The van der Waals surface area contributed by atoms with Gasteiger partial charge in [0, 0.05) is 12.6 Å². The van der Waals surface area contributed by atoms with Crippen LogP contribution in [0.1, 0.15) is 43.0 Å². The van der Waals surface area contributed by atoms with Gasteiger partial charge in [-0.15, -0.1) is 0 Å². The van der Waals surface area contributed by atoms with Gasteiger partial charge in [-0.05, 0) is 38.0 Å². The van der Waals surface area contributed by atoms with Crippen LogP contribution in [-0.4, -0.2) is 31.8 Å². The molecular formula is C14H19FN2O3S. The molecule has 1 heterocycles. The van der Waals surface area contributed by atoms with E-state index < -0.39 is 21.7 Å². The normalized spacial score (nSPS) is 20.1. The zero-order valence-corrected chi connectivity index (χ0v) is 12.7. The minimum Gasteiger partial charge on any atom is -0.336 e. The van der Waals surface area contributed by atoms with E-state index in [4.69, 9.17) is 5.14 Å². The summed E-state index contributed by atoms with van der Waals surface area (Å²) >= 11 is 0. The molecule has 5 nitrogen and oxygen atoms in total. The van der Waals surface area contributed by atoms with Gasteiger partial charge in [0.1, 0.15) is 5.82 Å². The highest BCUT2D eigenvalue weighted by atomic mass is 32.2. The predicted molar refractivity (Wildman–Crippen MR) is 76.7 cm³/mol. The van der Waals surface area contributed by atoms with E-state index in [1.54, 1.807) is 4.90 Å². The molecule has 1 aromatic carbocycles. The molecule has 1 aliphatic rings. The molecule has 2 N–H and O–H groups in total. The molecule has 0 aromatic heterocycles. The zero-order valence-electron chi connectivity index (χ0n) is 11.9. The van der Waals surface area contributed by atoms with Crippen molar-refractivity contribution in [3.8, 4) is 0 Å². The predicted octanol–water partition coefficient (Wildman–Crippen LogP) is 1.88. The number of carbonyl (C=O) groups is 1. The van der Waals surface area contributed by atoms with E-state index in [-0.39, 0.29) is 16.5 Å². The first-order valence-electron chi connectivity index (χ1n) is 6.94. The van der Waals surface area contributed by atoms with E-state index in [9.17, 15) is 17.6 Å². The molecule has 21 heavy (non-hydrogen) atoms. The molecule has 1 saturated heterocycles. The van der Waals surface area contributed by atoms with E-state index in [1.165, 1.54) is 6.07 Å². The summed E-state index contributed by atoms with van der Waals surface area (Å²) in [5.41, 5.74) is -0.115. The van der Waals surface area contributed by atoms with Crippen molar-refractivity contribution in [1.82, 2.24) is 4.90 Å². The number of likely N-dealkylation sites (tertiary alicyclic amines) is 1. The Hall–Kier alpha value is -1.47. The fourth-order valence-corrected chi connectivity index (χ4v) is 3.10. The Morgan fingerprint density at radius 3 is 2.67 bits per heavy atom. The first-order chi connectivity index (χ1) is 9.80. The highest BCUT2D eigenvalue weighted by Crippen LogP contribution is 2.21. The lowest BCUT2D eigenvalue weighted by molar-refractivity contribution is 0.0693. The summed E-state index contributed by atoms with van der Waals surface area (Å²) < 4.78 is 36.4. The Morgan fingerprint density at radius 1 is 1.33 bits per heavy atom. The van der Waals surface area contributed by atoms with E-state index in [1.807, 2.05) is 6.92 Å². The molecule has 1 aliphatic heterocycles. The number of nitrogens with two attached hydrogens (primary N) is 1. The first-order valence-corrected chi connectivity index (χ1v) is 8.48. The molecule has 0 saturated carbocycles. The number of carbonyl (C=O) groups excluding carboxylic acids is 1. The maximum absolute atomic E-state index is 14.0. The summed E-state index contributed by atoms with van der Waals surface area (Å²) in [6.07, 6.45) is 3.90. The van der Waals surface area contributed by atoms with E-state index in [0.717, 1.165) is 37.8 Å². The van der Waals surface area contributed by atoms with Gasteiger partial charge in [-0.2, -0.15) is 0 Å². The van der Waals surface area contributed by atoms with Gasteiger partial charge in [0.15, 0.2) is 0 Å². The number of sulfonamides is 1. The van der Waals surface area contributed by atoms with Gasteiger partial charge in [0.2, 0.25) is 10.0 Å². The van der Waals surface area contributed by atoms with E-state index >= 15 is 0 Å². The van der Waals surface area contributed by atoms with Crippen LogP contribution in [0.15, 0.2) is 23.1 Å². The summed E-state index contributed by atoms with van der Waals surface area (Å²) in [5.74, 6) is -1.26. The summed E-state index contributed by atoms with van der Waals surface area (Å²) in [5, 5.41) is 4.95. The quantitative estimate of drug-likeness (QED) is 0.905. The van der Waals surface area contributed by atoms with Gasteiger partial charge >= 0.3 is 0 Å². The fraction of sp³-hybridized carbons (Fsp3) is 0.500. The number of hydrogen-bond donors (Lipinski definition) is 1. The topological polar surface area (TPSA) is 80.5 Å². The average Bonchev–Trinajstić information content (AvgIpc) is 2.61. The van der Waals surface area contributed by atoms with Crippen LogP contribution >= 0.6 is 0 Å². The third-order valence-corrected chi connectivity index (χ3v) is 4.72. The maximum atomic E-state index is 14.0. The molecule has 116 valence electrons. The van der Waals surface area contributed by atoms with E-state index in [2.05, 4.69) is 0 Å². The Kier molecular flexibility index (Phi) is 4.63. The number of halogens is 1. The molecule has 0 bridgehead atoms. The highest BCUT2D eigenvalue weighted by Gasteiger charge is 2.25. The second-order valence-corrected chi connectivity index (χ2v) is 6.94.